The van der Waals surface area contributed by atoms with Crippen LogP contribution < -0.4 is 5.32 Å². The monoisotopic (exact) mass is 370 g/mol. The van der Waals surface area contributed by atoms with Gasteiger partial charge in [0, 0.05) is 18.7 Å². The van der Waals surface area contributed by atoms with Gasteiger partial charge in [0.25, 0.3) is 5.91 Å². The number of rotatable bonds is 6. The molecule has 0 aromatic heterocycles. The number of benzene rings is 1. The second-order valence-electron chi connectivity index (χ2n) is 6.25. The van der Waals surface area contributed by atoms with Gasteiger partial charge in [-0.1, -0.05) is 6.42 Å². The van der Waals surface area contributed by atoms with Crippen molar-refractivity contribution in [3.8, 4) is 0 Å². The first kappa shape index (κ1) is 19.4. The van der Waals surface area contributed by atoms with Crippen molar-refractivity contribution in [2.24, 2.45) is 0 Å². The Balaban J connectivity index is 2.06. The number of sulfonamides is 1. The van der Waals surface area contributed by atoms with Crippen molar-refractivity contribution in [2.75, 3.05) is 19.6 Å². The summed E-state index contributed by atoms with van der Waals surface area (Å²) in [4.78, 5) is 22.9. The Bertz CT molecular complexity index is 736. The van der Waals surface area contributed by atoms with Gasteiger partial charge in [-0.25, -0.2) is 13.2 Å². The number of hydrogen-bond donors (Lipinski definition) is 3. The molecule has 8 nitrogen and oxygen atoms in total. The molecule has 0 aliphatic carbocycles. The lowest BCUT2D eigenvalue weighted by molar-refractivity contribution is -0.155. The number of hydrogen-bond acceptors (Lipinski definition) is 5. The maximum absolute atomic E-state index is 12.5. The quantitative estimate of drug-likeness (QED) is 0.667. The molecule has 0 bridgehead atoms. The maximum Gasteiger partial charge on any atom is 0.337 e. The molecule has 1 aliphatic heterocycles. The number of aliphatic hydroxyl groups is 1. The van der Waals surface area contributed by atoms with E-state index < -0.39 is 34.0 Å². The zero-order valence-electron chi connectivity index (χ0n) is 13.9. The molecule has 0 spiro atoms. The number of piperidine rings is 1. The summed E-state index contributed by atoms with van der Waals surface area (Å²) in [5, 5.41) is 20.7. The number of carbonyl (C=O) groups is 2. The molecule has 0 saturated carbocycles. The summed E-state index contributed by atoms with van der Waals surface area (Å²) in [6.07, 6.45) is 2.69. The smallest absolute Gasteiger partial charge is 0.337 e. The van der Waals surface area contributed by atoms with Gasteiger partial charge in [-0.05, 0) is 44.0 Å². The van der Waals surface area contributed by atoms with Crippen LogP contribution in [0.25, 0.3) is 0 Å². The predicted octanol–water partition coefficient (Wildman–Crippen LogP) is 0.427. The SMILES string of the molecule is CC(O)(CNC(=O)c1ccc(S(=O)(=O)N2CCCCC2)cc1)C(=O)O. The fourth-order valence-electron chi connectivity index (χ4n) is 2.46. The number of nitrogens with zero attached hydrogens (tertiary/aromatic N) is 1. The Morgan fingerprint density at radius 3 is 2.24 bits per heavy atom. The highest BCUT2D eigenvalue weighted by molar-refractivity contribution is 7.89. The van der Waals surface area contributed by atoms with Crippen molar-refractivity contribution in [2.45, 2.75) is 36.7 Å². The number of carbonyl (C=O) groups excluding carboxylic acids is 1. The number of carboxylic acids is 1. The zero-order valence-corrected chi connectivity index (χ0v) is 14.8. The van der Waals surface area contributed by atoms with Crippen molar-refractivity contribution in [1.82, 2.24) is 9.62 Å². The van der Waals surface area contributed by atoms with E-state index in [4.69, 9.17) is 5.11 Å². The topological polar surface area (TPSA) is 124 Å². The molecule has 138 valence electrons. The van der Waals surface area contributed by atoms with Gasteiger partial charge in [0.05, 0.1) is 11.4 Å². The van der Waals surface area contributed by atoms with E-state index in [1.165, 1.54) is 28.6 Å². The van der Waals surface area contributed by atoms with E-state index in [0.29, 0.717) is 13.1 Å². The van der Waals surface area contributed by atoms with Crippen LogP contribution in [0.4, 0.5) is 0 Å². The van der Waals surface area contributed by atoms with Gasteiger partial charge in [0.15, 0.2) is 5.60 Å². The average Bonchev–Trinajstić information content (AvgIpc) is 2.60. The molecule has 2 rings (SSSR count). The number of nitrogens with one attached hydrogen (secondary N) is 1. The summed E-state index contributed by atoms with van der Waals surface area (Å²) in [5.74, 6) is -2.04. The van der Waals surface area contributed by atoms with Crippen LogP contribution in [0, 0.1) is 0 Å². The number of aliphatic carboxylic acids is 1. The minimum atomic E-state index is -3.57. The molecule has 25 heavy (non-hydrogen) atoms. The Kier molecular flexibility index (Phi) is 5.81. The molecule has 1 unspecified atom stereocenters. The maximum atomic E-state index is 12.5. The largest absolute Gasteiger partial charge is 0.479 e. The van der Waals surface area contributed by atoms with E-state index in [1.54, 1.807) is 0 Å². The predicted molar refractivity (Wildman–Crippen MR) is 89.6 cm³/mol. The van der Waals surface area contributed by atoms with Crippen molar-refractivity contribution in [3.63, 3.8) is 0 Å². The summed E-state index contributed by atoms with van der Waals surface area (Å²) in [5.41, 5.74) is -1.90. The van der Waals surface area contributed by atoms with E-state index in [9.17, 15) is 23.1 Å². The summed E-state index contributed by atoms with van der Waals surface area (Å²) < 4.78 is 26.5. The van der Waals surface area contributed by atoms with Crippen molar-refractivity contribution in [1.29, 1.82) is 0 Å². The third kappa shape index (κ3) is 4.56. The normalized spacial score (nSPS) is 18.3. The van der Waals surface area contributed by atoms with Crippen LogP contribution >= 0.6 is 0 Å². The van der Waals surface area contributed by atoms with Gasteiger partial charge in [0.1, 0.15) is 0 Å². The molecule has 1 aromatic rings. The second kappa shape index (κ2) is 7.51. The van der Waals surface area contributed by atoms with Gasteiger partial charge in [-0.2, -0.15) is 4.31 Å². The van der Waals surface area contributed by atoms with Crippen LogP contribution in [0.3, 0.4) is 0 Å². The first-order valence-electron chi connectivity index (χ1n) is 7.99. The van der Waals surface area contributed by atoms with E-state index in [1.807, 2.05) is 0 Å². The fraction of sp³-hybridized carbons (Fsp3) is 0.500. The van der Waals surface area contributed by atoms with Crippen molar-refractivity contribution in [3.05, 3.63) is 29.8 Å². The molecular weight excluding hydrogens is 348 g/mol. The van der Waals surface area contributed by atoms with Crippen LogP contribution in [0.15, 0.2) is 29.2 Å². The lowest BCUT2D eigenvalue weighted by atomic mass is 10.1. The molecule has 1 heterocycles. The summed E-state index contributed by atoms with van der Waals surface area (Å²) >= 11 is 0. The lowest BCUT2D eigenvalue weighted by Crippen LogP contribution is -2.46. The Labute approximate surface area is 146 Å². The lowest BCUT2D eigenvalue weighted by Gasteiger charge is -2.25. The molecular formula is C16H22N2O6S. The zero-order chi connectivity index (χ0) is 18.7. The third-order valence-corrected chi connectivity index (χ3v) is 6.04. The highest BCUT2D eigenvalue weighted by Gasteiger charge is 2.30. The fourth-order valence-corrected chi connectivity index (χ4v) is 3.98. The number of carboxylic acid groups (broad SMARTS) is 1. The van der Waals surface area contributed by atoms with Crippen molar-refractivity contribution < 1.29 is 28.2 Å². The highest BCUT2D eigenvalue weighted by Crippen LogP contribution is 2.20. The average molecular weight is 370 g/mol. The van der Waals surface area contributed by atoms with Crippen LogP contribution in [0.2, 0.25) is 0 Å². The molecule has 3 N–H and O–H groups in total. The van der Waals surface area contributed by atoms with Crippen LogP contribution in [-0.4, -0.2) is 60.0 Å². The Morgan fingerprint density at radius 2 is 1.72 bits per heavy atom. The van der Waals surface area contributed by atoms with Gasteiger partial charge in [-0.15, -0.1) is 0 Å². The van der Waals surface area contributed by atoms with Gasteiger partial charge < -0.3 is 15.5 Å². The molecule has 1 fully saturated rings. The molecule has 1 atom stereocenters. The van der Waals surface area contributed by atoms with E-state index in [2.05, 4.69) is 5.32 Å². The first-order valence-corrected chi connectivity index (χ1v) is 9.43. The Hall–Kier alpha value is -1.97. The Morgan fingerprint density at radius 1 is 1.16 bits per heavy atom. The number of amides is 1. The van der Waals surface area contributed by atoms with Crippen LogP contribution in [0.1, 0.15) is 36.5 Å². The van der Waals surface area contributed by atoms with E-state index >= 15 is 0 Å². The third-order valence-electron chi connectivity index (χ3n) is 4.12. The van der Waals surface area contributed by atoms with Gasteiger partial charge in [-0.3, -0.25) is 4.79 Å². The molecule has 9 heteroatoms. The molecule has 1 aliphatic rings. The minimum absolute atomic E-state index is 0.114. The summed E-state index contributed by atoms with van der Waals surface area (Å²) in [6, 6.07) is 5.44. The summed E-state index contributed by atoms with van der Waals surface area (Å²) in [6.45, 7) is 1.60. The van der Waals surface area contributed by atoms with Crippen molar-refractivity contribution >= 4 is 21.9 Å². The van der Waals surface area contributed by atoms with Crippen LogP contribution in [-0.2, 0) is 14.8 Å². The highest BCUT2D eigenvalue weighted by atomic mass is 32.2. The van der Waals surface area contributed by atoms with Gasteiger partial charge >= 0.3 is 5.97 Å². The summed E-state index contributed by atoms with van der Waals surface area (Å²) in [7, 11) is -3.57. The van der Waals surface area contributed by atoms with E-state index in [-0.39, 0.29) is 10.5 Å². The molecule has 1 amide bonds. The molecule has 1 saturated heterocycles. The standard InChI is InChI=1S/C16H22N2O6S/c1-16(22,15(20)21)11-17-14(19)12-5-7-13(8-6-12)25(23,24)18-9-3-2-4-10-18/h5-8,22H,2-4,9-11H2,1H3,(H,17,19)(H,20,21). The minimum Gasteiger partial charge on any atom is -0.479 e. The molecule has 1 aromatic carbocycles. The second-order valence-corrected chi connectivity index (χ2v) is 8.19. The molecule has 0 radical (unpaired) electrons. The van der Waals surface area contributed by atoms with Crippen LogP contribution in [0.5, 0.6) is 0 Å². The van der Waals surface area contributed by atoms with E-state index in [0.717, 1.165) is 26.2 Å². The van der Waals surface area contributed by atoms with Gasteiger partial charge in [0.2, 0.25) is 10.0 Å². The first-order chi connectivity index (χ1) is 11.6.